The van der Waals surface area contributed by atoms with Crippen LogP contribution in [0.5, 0.6) is 5.75 Å². The number of aromatic hydroxyl groups is 1. The number of phenolic OH excluding ortho intramolecular Hbond substituents is 1. The molecule has 5 nitrogen and oxygen atoms in total. The topological polar surface area (TPSA) is 66.6 Å². The lowest BCUT2D eigenvalue weighted by atomic mass is 10.1. The van der Waals surface area contributed by atoms with Crippen LogP contribution in [0.1, 0.15) is 15.9 Å². The number of aromatic nitrogens is 1. The van der Waals surface area contributed by atoms with E-state index in [1.54, 1.807) is 18.3 Å². The van der Waals surface area contributed by atoms with E-state index in [0.29, 0.717) is 6.54 Å². The summed E-state index contributed by atoms with van der Waals surface area (Å²) in [6.07, 6.45) is 5.41. The molecule has 1 heterocycles. The van der Waals surface area contributed by atoms with Crippen molar-refractivity contribution in [2.24, 2.45) is 5.10 Å². The fraction of sp³-hybridized carbons (Fsp3) is 0.0435. The van der Waals surface area contributed by atoms with Crippen LogP contribution >= 0.6 is 0 Å². The number of hydrogen-bond acceptors (Lipinski definition) is 3. The molecule has 4 aromatic rings. The van der Waals surface area contributed by atoms with E-state index in [4.69, 9.17) is 0 Å². The second kappa shape index (κ2) is 7.40. The lowest BCUT2D eigenvalue weighted by Gasteiger charge is -2.05. The van der Waals surface area contributed by atoms with Gasteiger partial charge in [0.05, 0.1) is 11.8 Å². The number of carbonyl (C=O) groups is 1. The number of hydrogen-bond donors (Lipinski definition) is 2. The summed E-state index contributed by atoms with van der Waals surface area (Å²) in [6.45, 7) is 4.47. The van der Waals surface area contributed by atoms with Crippen molar-refractivity contribution in [3.63, 3.8) is 0 Å². The number of rotatable bonds is 5. The highest BCUT2D eigenvalue weighted by molar-refractivity contribution is 6.03. The average molecular weight is 369 g/mol. The van der Waals surface area contributed by atoms with Crippen molar-refractivity contribution in [2.75, 3.05) is 0 Å². The second-order valence-corrected chi connectivity index (χ2v) is 6.46. The fourth-order valence-corrected chi connectivity index (χ4v) is 3.30. The van der Waals surface area contributed by atoms with Crippen molar-refractivity contribution in [1.82, 2.24) is 9.99 Å². The van der Waals surface area contributed by atoms with Crippen molar-refractivity contribution >= 4 is 33.8 Å². The van der Waals surface area contributed by atoms with Crippen LogP contribution in [0.3, 0.4) is 0 Å². The highest BCUT2D eigenvalue weighted by atomic mass is 16.3. The molecule has 4 rings (SSSR count). The third-order valence-corrected chi connectivity index (χ3v) is 4.62. The molecule has 2 N–H and O–H groups in total. The van der Waals surface area contributed by atoms with Gasteiger partial charge in [-0.15, -0.1) is 6.58 Å². The number of amides is 1. The Morgan fingerprint density at radius 2 is 1.82 bits per heavy atom. The molecule has 5 heteroatoms. The van der Waals surface area contributed by atoms with E-state index in [-0.39, 0.29) is 11.3 Å². The van der Waals surface area contributed by atoms with Gasteiger partial charge in [0.25, 0.3) is 5.91 Å². The minimum absolute atomic E-state index is 0.0750. The third kappa shape index (κ3) is 3.25. The summed E-state index contributed by atoms with van der Waals surface area (Å²) in [5, 5.41) is 17.0. The predicted molar refractivity (Wildman–Crippen MR) is 113 cm³/mol. The minimum atomic E-state index is -0.464. The molecule has 0 atom stereocenters. The molecule has 28 heavy (non-hydrogen) atoms. The van der Waals surface area contributed by atoms with Crippen LogP contribution in [0.2, 0.25) is 0 Å². The zero-order valence-corrected chi connectivity index (χ0v) is 15.2. The van der Waals surface area contributed by atoms with E-state index in [1.165, 1.54) is 0 Å². The largest absolute Gasteiger partial charge is 0.507 e. The Hall–Kier alpha value is -3.86. The highest BCUT2D eigenvalue weighted by Crippen LogP contribution is 2.25. The SMILES string of the molecule is C=CCn1cc(C=NNC(=O)c2cc3ccccc3cc2O)c2ccccc21. The number of carbonyl (C=O) groups excluding carboxylic acids is 1. The fourth-order valence-electron chi connectivity index (χ4n) is 3.30. The molecule has 0 bridgehead atoms. The van der Waals surface area contributed by atoms with E-state index < -0.39 is 5.91 Å². The molecule has 0 aliphatic heterocycles. The standard InChI is InChI=1S/C23H19N3O2/c1-2-11-26-15-18(19-9-5-6-10-21(19)26)14-24-25-23(28)20-12-16-7-3-4-8-17(16)13-22(20)27/h2-10,12-15,27H,1,11H2,(H,25,28). The molecule has 0 aliphatic rings. The van der Waals surface area contributed by atoms with E-state index in [0.717, 1.165) is 27.2 Å². The Morgan fingerprint density at radius 1 is 1.11 bits per heavy atom. The lowest BCUT2D eigenvalue weighted by Crippen LogP contribution is -2.17. The van der Waals surface area contributed by atoms with E-state index >= 15 is 0 Å². The second-order valence-electron chi connectivity index (χ2n) is 6.46. The maximum Gasteiger partial charge on any atom is 0.275 e. The Labute approximate surface area is 162 Å². The van der Waals surface area contributed by atoms with Gasteiger partial charge in [0.2, 0.25) is 0 Å². The van der Waals surface area contributed by atoms with Crippen molar-refractivity contribution in [1.29, 1.82) is 0 Å². The minimum Gasteiger partial charge on any atom is -0.507 e. The lowest BCUT2D eigenvalue weighted by molar-refractivity contribution is 0.0952. The number of para-hydroxylation sites is 1. The van der Waals surface area contributed by atoms with Crippen molar-refractivity contribution in [3.05, 3.63) is 90.6 Å². The summed E-state index contributed by atoms with van der Waals surface area (Å²) in [6, 6.07) is 18.8. The molecule has 3 aromatic carbocycles. The molecule has 0 fully saturated rings. The number of phenols is 1. The van der Waals surface area contributed by atoms with Crippen LogP contribution in [0.4, 0.5) is 0 Å². The molecule has 1 amide bonds. The molecule has 0 spiro atoms. The molecular formula is C23H19N3O2. The zero-order valence-electron chi connectivity index (χ0n) is 15.2. The first-order chi connectivity index (χ1) is 13.7. The van der Waals surface area contributed by atoms with Gasteiger partial charge in [-0.3, -0.25) is 4.79 Å². The molecule has 0 unspecified atom stereocenters. The number of hydrazone groups is 1. The molecule has 0 saturated heterocycles. The van der Waals surface area contributed by atoms with E-state index in [9.17, 15) is 9.90 Å². The van der Waals surface area contributed by atoms with Crippen molar-refractivity contribution in [2.45, 2.75) is 6.54 Å². The number of benzene rings is 3. The summed E-state index contributed by atoms with van der Waals surface area (Å²) in [7, 11) is 0. The Morgan fingerprint density at radius 3 is 2.61 bits per heavy atom. The number of nitrogens with one attached hydrogen (secondary N) is 1. The first kappa shape index (κ1) is 17.5. The van der Waals surface area contributed by atoms with Crippen LogP contribution < -0.4 is 5.43 Å². The maximum absolute atomic E-state index is 12.5. The summed E-state index contributed by atoms with van der Waals surface area (Å²) < 4.78 is 2.07. The van der Waals surface area contributed by atoms with E-state index in [2.05, 4.69) is 21.7 Å². The van der Waals surface area contributed by atoms with Gasteiger partial charge in [0.1, 0.15) is 5.75 Å². The number of fused-ring (bicyclic) bond motifs is 2. The normalized spacial score (nSPS) is 11.3. The van der Waals surface area contributed by atoms with Gasteiger partial charge in [-0.05, 0) is 29.0 Å². The first-order valence-electron chi connectivity index (χ1n) is 8.91. The quantitative estimate of drug-likeness (QED) is 0.310. The van der Waals surface area contributed by atoms with Crippen LogP contribution in [0, 0.1) is 0 Å². The Bertz CT molecular complexity index is 1220. The predicted octanol–water partition coefficient (Wildman–Crippen LogP) is 4.45. The average Bonchev–Trinajstić information content (AvgIpc) is 3.05. The Balaban J connectivity index is 1.59. The summed E-state index contributed by atoms with van der Waals surface area (Å²) in [4.78, 5) is 12.5. The van der Waals surface area contributed by atoms with Crippen molar-refractivity contribution in [3.8, 4) is 5.75 Å². The first-order valence-corrected chi connectivity index (χ1v) is 8.91. The summed E-state index contributed by atoms with van der Waals surface area (Å²) in [5.41, 5.74) is 4.65. The molecule has 1 aromatic heterocycles. The van der Waals surface area contributed by atoms with Gasteiger partial charge in [-0.1, -0.05) is 48.5 Å². The van der Waals surface area contributed by atoms with Crippen LogP contribution in [0.15, 0.2) is 84.6 Å². The zero-order chi connectivity index (χ0) is 19.5. The van der Waals surface area contributed by atoms with Gasteiger partial charge >= 0.3 is 0 Å². The monoisotopic (exact) mass is 369 g/mol. The Kier molecular flexibility index (Phi) is 4.64. The maximum atomic E-state index is 12.5. The van der Waals surface area contributed by atoms with Crippen LogP contribution in [-0.4, -0.2) is 21.8 Å². The van der Waals surface area contributed by atoms with Gasteiger partial charge in [-0.2, -0.15) is 5.10 Å². The molecule has 0 radical (unpaired) electrons. The summed E-state index contributed by atoms with van der Waals surface area (Å²) >= 11 is 0. The molecule has 0 saturated carbocycles. The molecular weight excluding hydrogens is 350 g/mol. The van der Waals surface area contributed by atoms with Gasteiger partial charge in [-0.25, -0.2) is 5.43 Å². The van der Waals surface area contributed by atoms with Gasteiger partial charge in [0, 0.05) is 29.2 Å². The summed E-state index contributed by atoms with van der Waals surface area (Å²) in [5.74, 6) is -0.539. The van der Waals surface area contributed by atoms with Crippen molar-refractivity contribution < 1.29 is 9.90 Å². The molecule has 0 aliphatic carbocycles. The highest BCUT2D eigenvalue weighted by Gasteiger charge is 2.12. The van der Waals surface area contributed by atoms with E-state index in [1.807, 2.05) is 60.8 Å². The smallest absolute Gasteiger partial charge is 0.275 e. The van der Waals surface area contributed by atoms with Gasteiger partial charge in [0.15, 0.2) is 0 Å². The van der Waals surface area contributed by atoms with Gasteiger partial charge < -0.3 is 9.67 Å². The van der Waals surface area contributed by atoms with Crippen LogP contribution in [-0.2, 0) is 6.54 Å². The molecule has 138 valence electrons. The third-order valence-electron chi connectivity index (χ3n) is 4.62. The van der Waals surface area contributed by atoms with Crippen LogP contribution in [0.25, 0.3) is 21.7 Å². The number of nitrogens with zero attached hydrogens (tertiary/aromatic N) is 2. The number of allylic oxidation sites excluding steroid dienone is 1.